The van der Waals surface area contributed by atoms with Gasteiger partial charge in [0.05, 0.1) is 11.6 Å². The van der Waals surface area contributed by atoms with Crippen LogP contribution < -0.4 is 5.56 Å². The van der Waals surface area contributed by atoms with E-state index >= 15 is 0 Å². The van der Waals surface area contributed by atoms with Crippen LogP contribution in [0.4, 0.5) is 13.2 Å². The summed E-state index contributed by atoms with van der Waals surface area (Å²) in [5.41, 5.74) is -0.890. The Morgan fingerprint density at radius 1 is 1.36 bits per heavy atom. The molecular weight excluding hydrogens is 315 g/mol. The third-order valence-corrected chi connectivity index (χ3v) is 3.96. The summed E-state index contributed by atoms with van der Waals surface area (Å²) in [4.78, 5) is 15.1. The molecule has 0 saturated heterocycles. The van der Waals surface area contributed by atoms with Crippen molar-refractivity contribution in [3.8, 4) is 6.07 Å². The number of rotatable bonds is 3. The van der Waals surface area contributed by atoms with E-state index in [2.05, 4.69) is 4.98 Å². The number of nitrogens with zero attached hydrogens (tertiary/aromatic N) is 3. The number of aromatic nitrogens is 2. The molecule has 1 aromatic carbocycles. The van der Waals surface area contributed by atoms with Gasteiger partial charge in [0.25, 0.3) is 5.56 Å². The molecule has 0 spiro atoms. The van der Waals surface area contributed by atoms with Crippen molar-refractivity contribution >= 4 is 11.8 Å². The molecule has 0 aliphatic carbocycles. The van der Waals surface area contributed by atoms with Crippen LogP contribution in [-0.4, -0.2) is 9.55 Å². The van der Waals surface area contributed by atoms with E-state index in [9.17, 15) is 18.0 Å². The Balaban J connectivity index is 2.32. The molecular formula is C14H10F3N3OS. The summed E-state index contributed by atoms with van der Waals surface area (Å²) in [5, 5.41) is 8.94. The van der Waals surface area contributed by atoms with Crippen molar-refractivity contribution in [1.29, 1.82) is 5.26 Å². The first-order valence-corrected chi connectivity index (χ1v) is 7.07. The van der Waals surface area contributed by atoms with Crippen LogP contribution in [0.2, 0.25) is 0 Å². The van der Waals surface area contributed by atoms with Crippen LogP contribution in [-0.2, 0) is 19.0 Å². The second-order valence-corrected chi connectivity index (χ2v) is 5.32. The van der Waals surface area contributed by atoms with Crippen molar-refractivity contribution in [3.05, 3.63) is 57.5 Å². The summed E-state index contributed by atoms with van der Waals surface area (Å²) in [7, 11) is 1.36. The minimum Gasteiger partial charge on any atom is -0.291 e. The third-order valence-electron chi connectivity index (χ3n) is 2.88. The largest absolute Gasteiger partial charge is 0.433 e. The van der Waals surface area contributed by atoms with E-state index < -0.39 is 17.4 Å². The Labute approximate surface area is 128 Å². The van der Waals surface area contributed by atoms with Gasteiger partial charge in [-0.1, -0.05) is 30.0 Å². The predicted molar refractivity (Wildman–Crippen MR) is 75.2 cm³/mol. The molecule has 0 saturated carbocycles. The lowest BCUT2D eigenvalue weighted by Gasteiger charge is -2.11. The highest BCUT2D eigenvalue weighted by molar-refractivity contribution is 7.98. The molecule has 1 aromatic heterocycles. The SMILES string of the molecule is Cn1c(SCc2ccccc2C#N)nc(C(F)(F)F)cc1=O. The molecule has 0 amide bonds. The Morgan fingerprint density at radius 2 is 2.05 bits per heavy atom. The smallest absolute Gasteiger partial charge is 0.291 e. The Bertz CT molecular complexity index is 793. The van der Waals surface area contributed by atoms with Crippen LogP contribution in [0.1, 0.15) is 16.8 Å². The fourth-order valence-electron chi connectivity index (χ4n) is 1.69. The summed E-state index contributed by atoms with van der Waals surface area (Å²) in [6.45, 7) is 0. The molecule has 0 radical (unpaired) electrons. The van der Waals surface area contributed by atoms with Gasteiger partial charge in [-0.3, -0.25) is 9.36 Å². The number of hydrogen-bond donors (Lipinski definition) is 0. The van der Waals surface area contributed by atoms with E-state index in [1.54, 1.807) is 24.3 Å². The first kappa shape index (κ1) is 16.1. The maximum atomic E-state index is 12.7. The van der Waals surface area contributed by atoms with Gasteiger partial charge in [-0.2, -0.15) is 18.4 Å². The number of benzene rings is 1. The number of nitriles is 1. The van der Waals surface area contributed by atoms with Gasteiger partial charge < -0.3 is 0 Å². The average molecular weight is 325 g/mol. The number of hydrogen-bond acceptors (Lipinski definition) is 4. The molecule has 114 valence electrons. The van der Waals surface area contributed by atoms with Crippen LogP contribution in [0.5, 0.6) is 0 Å². The first-order chi connectivity index (χ1) is 10.3. The first-order valence-electron chi connectivity index (χ1n) is 6.09. The molecule has 8 heteroatoms. The number of halogens is 3. The number of alkyl halides is 3. The van der Waals surface area contributed by atoms with Crippen molar-refractivity contribution in [3.63, 3.8) is 0 Å². The lowest BCUT2D eigenvalue weighted by Crippen LogP contribution is -2.23. The van der Waals surface area contributed by atoms with Gasteiger partial charge in [-0.05, 0) is 11.6 Å². The predicted octanol–water partition coefficient (Wildman–Crippen LogP) is 2.96. The van der Waals surface area contributed by atoms with Gasteiger partial charge in [0.2, 0.25) is 0 Å². The van der Waals surface area contributed by atoms with Crippen LogP contribution in [0.3, 0.4) is 0 Å². The van der Waals surface area contributed by atoms with E-state index in [4.69, 9.17) is 5.26 Å². The van der Waals surface area contributed by atoms with E-state index in [0.717, 1.165) is 16.3 Å². The molecule has 0 fully saturated rings. The maximum absolute atomic E-state index is 12.7. The van der Waals surface area contributed by atoms with Gasteiger partial charge in [0, 0.05) is 18.9 Å². The topological polar surface area (TPSA) is 58.7 Å². The van der Waals surface area contributed by atoms with E-state index in [1.165, 1.54) is 7.05 Å². The lowest BCUT2D eigenvalue weighted by molar-refractivity contribution is -0.141. The minimum absolute atomic E-state index is 0.0485. The van der Waals surface area contributed by atoms with E-state index in [1.807, 2.05) is 6.07 Å². The molecule has 0 aliphatic heterocycles. The van der Waals surface area contributed by atoms with Crippen LogP contribution >= 0.6 is 11.8 Å². The maximum Gasteiger partial charge on any atom is 0.433 e. The molecule has 0 bridgehead atoms. The average Bonchev–Trinajstić information content (AvgIpc) is 2.47. The summed E-state index contributed by atoms with van der Waals surface area (Å²) in [6.07, 6.45) is -4.67. The van der Waals surface area contributed by atoms with Crippen LogP contribution in [0, 0.1) is 11.3 Å². The molecule has 0 aliphatic rings. The van der Waals surface area contributed by atoms with Crippen molar-refractivity contribution < 1.29 is 13.2 Å². The molecule has 0 N–H and O–H groups in total. The molecule has 22 heavy (non-hydrogen) atoms. The Hall–Kier alpha value is -2.27. The molecule has 0 unspecified atom stereocenters. The summed E-state index contributed by atoms with van der Waals surface area (Å²) in [5.74, 6) is 0.241. The molecule has 0 atom stereocenters. The summed E-state index contributed by atoms with van der Waals surface area (Å²) >= 11 is 0.975. The van der Waals surface area contributed by atoms with E-state index in [0.29, 0.717) is 17.2 Å². The summed E-state index contributed by atoms with van der Waals surface area (Å²) < 4.78 is 39.1. The highest BCUT2D eigenvalue weighted by Gasteiger charge is 2.33. The molecule has 2 aromatic rings. The zero-order valence-electron chi connectivity index (χ0n) is 11.4. The van der Waals surface area contributed by atoms with Crippen molar-refractivity contribution in [2.24, 2.45) is 7.05 Å². The molecule has 2 rings (SSSR count). The van der Waals surface area contributed by atoms with E-state index in [-0.39, 0.29) is 10.9 Å². The van der Waals surface area contributed by atoms with Crippen molar-refractivity contribution in [1.82, 2.24) is 9.55 Å². The van der Waals surface area contributed by atoms with Crippen LogP contribution in [0.15, 0.2) is 40.3 Å². The molecule has 4 nitrogen and oxygen atoms in total. The fraction of sp³-hybridized carbons (Fsp3) is 0.214. The zero-order chi connectivity index (χ0) is 16.3. The standard InChI is InChI=1S/C14H10F3N3OS/c1-20-12(21)6-11(14(15,16)17)19-13(20)22-8-10-5-3-2-4-9(10)7-18/h2-6H,8H2,1H3. The van der Waals surface area contributed by atoms with Gasteiger partial charge >= 0.3 is 6.18 Å². The second kappa shape index (κ2) is 6.23. The Morgan fingerprint density at radius 3 is 2.68 bits per heavy atom. The lowest BCUT2D eigenvalue weighted by atomic mass is 10.1. The highest BCUT2D eigenvalue weighted by Crippen LogP contribution is 2.29. The van der Waals surface area contributed by atoms with Crippen molar-refractivity contribution in [2.75, 3.05) is 0 Å². The highest BCUT2D eigenvalue weighted by atomic mass is 32.2. The van der Waals surface area contributed by atoms with Gasteiger partial charge in [-0.25, -0.2) is 4.98 Å². The molecule has 1 heterocycles. The normalized spacial score (nSPS) is 11.2. The quantitative estimate of drug-likeness (QED) is 0.643. The van der Waals surface area contributed by atoms with Crippen LogP contribution in [0.25, 0.3) is 0 Å². The minimum atomic E-state index is -4.67. The monoisotopic (exact) mass is 325 g/mol. The van der Waals surface area contributed by atoms with Gasteiger partial charge in [0.15, 0.2) is 10.9 Å². The second-order valence-electron chi connectivity index (χ2n) is 4.38. The van der Waals surface area contributed by atoms with Gasteiger partial charge in [-0.15, -0.1) is 0 Å². The summed E-state index contributed by atoms with van der Waals surface area (Å²) in [6, 6.07) is 9.23. The zero-order valence-corrected chi connectivity index (χ0v) is 12.2. The number of thioether (sulfide) groups is 1. The van der Waals surface area contributed by atoms with Crippen molar-refractivity contribution in [2.45, 2.75) is 17.1 Å². The fourth-order valence-corrected chi connectivity index (χ4v) is 2.67. The third kappa shape index (κ3) is 3.49. The Kier molecular flexibility index (Phi) is 4.56. The van der Waals surface area contributed by atoms with Gasteiger partial charge in [0.1, 0.15) is 0 Å².